The van der Waals surface area contributed by atoms with Crippen LogP contribution >= 0.6 is 0 Å². The predicted molar refractivity (Wildman–Crippen MR) is 243 cm³/mol. The summed E-state index contributed by atoms with van der Waals surface area (Å²) >= 11 is 0. The van der Waals surface area contributed by atoms with Gasteiger partial charge in [0.05, 0.1) is 61.1 Å². The largest absolute Gasteiger partial charge is 0.550 e. The Morgan fingerprint density at radius 2 is 0.972 bits per heavy atom. The van der Waals surface area contributed by atoms with Gasteiger partial charge in [0.1, 0.15) is 39.6 Å². The maximum absolute atomic E-state index is 12.8. The van der Waals surface area contributed by atoms with E-state index in [1.807, 2.05) is 0 Å². The van der Waals surface area contributed by atoms with Crippen LogP contribution in [0.1, 0.15) is 104 Å². The van der Waals surface area contributed by atoms with Gasteiger partial charge in [-0.25, -0.2) is 4.79 Å². The Hall–Kier alpha value is -6.36. The number of aliphatic hydroxyl groups excluding tert-OH is 2. The number of esters is 5. The molecule has 1 aromatic carbocycles. The van der Waals surface area contributed by atoms with Crippen molar-refractivity contribution in [2.45, 2.75) is 105 Å². The molecule has 0 saturated heterocycles. The Bertz CT molecular complexity index is 1890. The summed E-state index contributed by atoms with van der Waals surface area (Å²) in [6.45, 7) is 3.72. The molecule has 1 aromatic rings. The summed E-state index contributed by atoms with van der Waals surface area (Å²) in [6, 6.07) is 6.11. The Morgan fingerprint density at radius 1 is 0.521 bits per heavy atom. The molecule has 0 heterocycles. The van der Waals surface area contributed by atoms with Crippen LogP contribution in [-0.2, 0) is 78.0 Å². The molecule has 71 heavy (non-hydrogen) atoms. The maximum Gasteiger partial charge on any atom is 0.411 e. The molecule has 1 rings (SSSR count). The number of ether oxygens (including phenoxy) is 6. The third-order valence-electron chi connectivity index (χ3n) is 11.6. The van der Waals surface area contributed by atoms with Gasteiger partial charge in [-0.2, -0.15) is 0 Å². The summed E-state index contributed by atoms with van der Waals surface area (Å²) in [7, 11) is 0. The van der Waals surface area contributed by atoms with Crippen LogP contribution in [0.4, 0.5) is 10.5 Å². The first-order chi connectivity index (χ1) is 33.7. The summed E-state index contributed by atoms with van der Waals surface area (Å²) in [5.74, 6) is -16.4. The van der Waals surface area contributed by atoms with Crippen molar-refractivity contribution >= 4 is 65.5 Å². The number of rotatable bonds is 38. The molecular weight excluding hydrogens is 943 g/mol. The van der Waals surface area contributed by atoms with Crippen molar-refractivity contribution in [3.05, 3.63) is 29.8 Å². The van der Waals surface area contributed by atoms with Gasteiger partial charge in [-0.3, -0.25) is 43.7 Å². The summed E-state index contributed by atoms with van der Waals surface area (Å²) in [5, 5.41) is 61.3. The number of nitrogens with one attached hydrogen (secondary N) is 1. The Balaban J connectivity index is 2.53. The quantitative estimate of drug-likeness (QED) is 0.0315. The molecule has 6 N–H and O–H groups in total. The highest BCUT2D eigenvalue weighted by Gasteiger charge is 2.32. The van der Waals surface area contributed by atoms with Gasteiger partial charge in [0.2, 0.25) is 0 Å². The summed E-state index contributed by atoms with van der Waals surface area (Å²) in [5.41, 5.74) is 0.675. The molecule has 23 heteroatoms. The summed E-state index contributed by atoms with van der Waals surface area (Å²) in [6.07, 6.45) is -1.02. The van der Waals surface area contributed by atoms with E-state index in [9.17, 15) is 68.4 Å². The third kappa shape index (κ3) is 25.9. The van der Waals surface area contributed by atoms with E-state index < -0.39 is 120 Å². The minimum Gasteiger partial charge on any atom is -0.550 e. The highest BCUT2D eigenvalue weighted by atomic mass is 16.6. The minimum atomic E-state index is -1.57. The predicted octanol–water partition coefficient (Wildman–Crippen LogP) is 2.78. The second-order valence-corrected chi connectivity index (χ2v) is 17.0. The molecule has 8 atom stereocenters. The topological polar surface area (TPSA) is 362 Å². The van der Waals surface area contributed by atoms with Crippen LogP contribution in [0.5, 0.6) is 0 Å². The minimum absolute atomic E-state index is 0.0244. The van der Waals surface area contributed by atoms with Crippen molar-refractivity contribution in [3.63, 3.8) is 0 Å². The van der Waals surface area contributed by atoms with E-state index in [2.05, 4.69) is 5.32 Å². The molecule has 0 aliphatic carbocycles. The van der Waals surface area contributed by atoms with E-state index in [4.69, 9.17) is 38.6 Å². The normalized spacial score (nSPS) is 14.4. The molecule has 8 unspecified atom stereocenters. The van der Waals surface area contributed by atoms with Crippen molar-refractivity contribution in [3.8, 4) is 0 Å². The number of hydrogen-bond acceptors (Lipinski definition) is 19. The Kier molecular flexibility index (Phi) is 30.8. The van der Waals surface area contributed by atoms with E-state index in [-0.39, 0.29) is 116 Å². The van der Waals surface area contributed by atoms with Crippen LogP contribution < -0.4 is 10.4 Å². The van der Waals surface area contributed by atoms with Crippen molar-refractivity contribution < 1.29 is 107 Å². The van der Waals surface area contributed by atoms with Crippen LogP contribution in [-0.4, -0.2) is 138 Å². The Labute approximate surface area is 411 Å². The molecule has 0 aliphatic heterocycles. The maximum atomic E-state index is 12.8. The van der Waals surface area contributed by atoms with Crippen molar-refractivity contribution in [1.82, 2.24) is 0 Å². The second kappa shape index (κ2) is 34.9. The molecule has 0 spiro atoms. The van der Waals surface area contributed by atoms with Gasteiger partial charge in [0.15, 0.2) is 0 Å². The van der Waals surface area contributed by atoms with Gasteiger partial charge in [-0.1, -0.05) is 39.8 Å². The lowest BCUT2D eigenvalue weighted by molar-refractivity contribution is -0.312. The lowest BCUT2D eigenvalue weighted by atomic mass is 9.82. The highest BCUT2D eigenvalue weighted by Crippen LogP contribution is 2.29. The van der Waals surface area contributed by atoms with Gasteiger partial charge in [-0.05, 0) is 88.3 Å². The zero-order valence-corrected chi connectivity index (χ0v) is 40.7. The number of aliphatic carboxylic acids is 4. The number of carboxylic acid groups (broad SMARTS) is 4. The standard InChI is InChI=1S/C48H71NO22/c1-5-32(46(63)68-19-17-51)12-13-35(41(55)56)15-14-34(40(53)54)11-10-29(3)44(61)69-22-23-71-48(65)49-38-9-7-8-31(25-38)26-39(52)66-20-21-70-47(64)33(6-2)27-37(43(59)60)28-36(42(57)58)24-30(4)45(62)67-18-16-50/h7-9,25,29-30,32-37,50-51H,5-6,10-24,26-28H2,1-4H3,(H,49,65)(H,53,54)(H,55,56)(H,57,58)(H,59,60)/p-1. The van der Waals surface area contributed by atoms with Crippen LogP contribution in [0.15, 0.2) is 24.3 Å². The van der Waals surface area contributed by atoms with E-state index >= 15 is 0 Å². The fraction of sp³-hybridized carbons (Fsp3) is 0.667. The fourth-order valence-electron chi connectivity index (χ4n) is 7.39. The first kappa shape index (κ1) is 62.7. The molecule has 0 aromatic heterocycles. The average molecular weight is 1010 g/mol. The van der Waals surface area contributed by atoms with Gasteiger partial charge >= 0.3 is 53.8 Å². The average Bonchev–Trinajstić information content (AvgIpc) is 3.32. The number of carboxylic acids is 4. The number of anilines is 1. The number of benzene rings is 1. The summed E-state index contributed by atoms with van der Waals surface area (Å²) in [4.78, 5) is 122. The van der Waals surface area contributed by atoms with Crippen LogP contribution in [0.25, 0.3) is 0 Å². The summed E-state index contributed by atoms with van der Waals surface area (Å²) < 4.78 is 30.4. The molecule has 400 valence electrons. The zero-order chi connectivity index (χ0) is 53.5. The molecule has 23 nitrogen and oxygen atoms in total. The van der Waals surface area contributed by atoms with E-state index in [0.717, 1.165) is 0 Å². The van der Waals surface area contributed by atoms with E-state index in [1.54, 1.807) is 26.0 Å². The van der Waals surface area contributed by atoms with Gasteiger partial charge in [0.25, 0.3) is 0 Å². The lowest BCUT2D eigenvalue weighted by Gasteiger charge is -2.26. The third-order valence-corrected chi connectivity index (χ3v) is 11.6. The number of carbonyl (C=O) groups excluding carboxylic acids is 7. The smallest absolute Gasteiger partial charge is 0.411 e. The monoisotopic (exact) mass is 1010 g/mol. The van der Waals surface area contributed by atoms with Gasteiger partial charge < -0.3 is 63.9 Å². The fourth-order valence-corrected chi connectivity index (χ4v) is 7.39. The van der Waals surface area contributed by atoms with Crippen molar-refractivity contribution in [2.24, 2.45) is 47.3 Å². The second-order valence-electron chi connectivity index (χ2n) is 17.0. The lowest BCUT2D eigenvalue weighted by Crippen LogP contribution is -2.37. The SMILES string of the molecule is CCC(CCC(CCC(CCC(C)C(=O)OCCOC(=O)Nc1cccc(CC(=O)OCCOC(=O)C(CC)CC(CC(CC(C)C(=O)OCCO)C(=O)[O-])C(=O)O)c1)C(=O)O)C(=O)O)C(=O)OCCO. The number of hydrogen-bond donors (Lipinski definition) is 6. The van der Waals surface area contributed by atoms with Crippen LogP contribution in [0, 0.1) is 47.3 Å². The number of amides is 1. The first-order valence-electron chi connectivity index (χ1n) is 23.6. The molecule has 1 amide bonds. The number of carbonyl (C=O) groups is 10. The molecule has 0 fully saturated rings. The number of aliphatic hydroxyl groups is 2. The zero-order valence-electron chi connectivity index (χ0n) is 40.7. The van der Waals surface area contributed by atoms with Crippen LogP contribution in [0.2, 0.25) is 0 Å². The van der Waals surface area contributed by atoms with Crippen LogP contribution in [0.3, 0.4) is 0 Å². The molecule has 0 bridgehead atoms. The van der Waals surface area contributed by atoms with E-state index in [1.165, 1.54) is 26.0 Å². The van der Waals surface area contributed by atoms with Crippen molar-refractivity contribution in [2.75, 3.05) is 58.2 Å². The highest BCUT2D eigenvalue weighted by molar-refractivity contribution is 5.85. The van der Waals surface area contributed by atoms with Gasteiger partial charge in [0, 0.05) is 17.6 Å². The van der Waals surface area contributed by atoms with E-state index in [0.29, 0.717) is 12.0 Å². The van der Waals surface area contributed by atoms with Crippen molar-refractivity contribution in [1.29, 1.82) is 0 Å². The Morgan fingerprint density at radius 3 is 1.51 bits per heavy atom. The molecular formula is C48H70NO22-. The molecule has 0 saturated carbocycles. The molecule has 0 aliphatic rings. The molecule has 0 radical (unpaired) electrons. The first-order valence-corrected chi connectivity index (χ1v) is 23.6. The van der Waals surface area contributed by atoms with Gasteiger partial charge in [-0.15, -0.1) is 0 Å².